The number of hydrogen-bond acceptors (Lipinski definition) is 4. The average molecular weight is 395 g/mol. The highest BCUT2D eigenvalue weighted by Gasteiger charge is 2.27. The van der Waals surface area contributed by atoms with Gasteiger partial charge in [-0.15, -0.1) is 0 Å². The summed E-state index contributed by atoms with van der Waals surface area (Å²) in [7, 11) is 0. The molecule has 2 aliphatic rings. The highest BCUT2D eigenvalue weighted by Crippen LogP contribution is 2.32. The van der Waals surface area contributed by atoms with Crippen molar-refractivity contribution in [1.82, 2.24) is 9.80 Å². The third-order valence-electron chi connectivity index (χ3n) is 6.37. The molecule has 2 N–H and O–H groups in total. The van der Waals surface area contributed by atoms with Crippen LogP contribution >= 0.6 is 0 Å². The monoisotopic (exact) mass is 394 g/mol. The summed E-state index contributed by atoms with van der Waals surface area (Å²) in [5.41, 5.74) is 4.59. The van der Waals surface area contributed by atoms with Crippen LogP contribution in [0.4, 0.5) is 0 Å². The largest absolute Gasteiger partial charge is 0.508 e. The van der Waals surface area contributed by atoms with Gasteiger partial charge in [-0.25, -0.2) is 0 Å². The molecule has 0 aromatic heterocycles. The zero-order valence-electron chi connectivity index (χ0n) is 17.3. The normalized spacial score (nSPS) is 17.5. The second kappa shape index (κ2) is 8.07. The Morgan fingerprint density at radius 2 is 1.76 bits per heavy atom. The molecule has 5 nitrogen and oxygen atoms in total. The zero-order chi connectivity index (χ0) is 20.5. The molecule has 0 bridgehead atoms. The van der Waals surface area contributed by atoms with Crippen LogP contribution in [0.1, 0.15) is 59.3 Å². The fourth-order valence-corrected chi connectivity index (χ4v) is 4.42. The van der Waals surface area contributed by atoms with E-state index in [2.05, 4.69) is 30.0 Å². The molecule has 4 rings (SSSR count). The molecule has 2 heterocycles. The molecule has 29 heavy (non-hydrogen) atoms. The lowest BCUT2D eigenvalue weighted by atomic mass is 9.98. The van der Waals surface area contributed by atoms with E-state index < -0.39 is 0 Å². The molecular formula is C24H30N2O3. The maximum Gasteiger partial charge on any atom is 0.258 e. The van der Waals surface area contributed by atoms with Gasteiger partial charge in [0.2, 0.25) is 0 Å². The summed E-state index contributed by atoms with van der Waals surface area (Å²) >= 11 is 0. The number of carbonyl (C=O) groups excluding carboxylic acids is 1. The van der Waals surface area contributed by atoms with E-state index >= 15 is 0 Å². The second-order valence-corrected chi connectivity index (χ2v) is 8.57. The summed E-state index contributed by atoms with van der Waals surface area (Å²) in [6, 6.07) is 9.43. The van der Waals surface area contributed by atoms with Gasteiger partial charge in [-0.3, -0.25) is 9.69 Å². The minimum absolute atomic E-state index is 0.0306. The number of benzene rings is 2. The molecule has 2 aliphatic heterocycles. The first kappa shape index (κ1) is 19.8. The van der Waals surface area contributed by atoms with Gasteiger partial charge in [-0.1, -0.05) is 32.0 Å². The summed E-state index contributed by atoms with van der Waals surface area (Å²) in [6.07, 6.45) is 3.14. The molecule has 5 heteroatoms. The number of aromatic hydroxyl groups is 2. The van der Waals surface area contributed by atoms with Gasteiger partial charge in [0.25, 0.3) is 5.91 Å². The van der Waals surface area contributed by atoms with Crippen LogP contribution in [-0.2, 0) is 26.1 Å². The number of piperidine rings is 1. The Balaban J connectivity index is 1.47. The smallest absolute Gasteiger partial charge is 0.258 e. The summed E-state index contributed by atoms with van der Waals surface area (Å²) in [5, 5.41) is 20.1. The van der Waals surface area contributed by atoms with E-state index in [9.17, 15) is 15.0 Å². The molecule has 1 saturated heterocycles. The van der Waals surface area contributed by atoms with Crippen molar-refractivity contribution in [3.63, 3.8) is 0 Å². The van der Waals surface area contributed by atoms with Gasteiger partial charge >= 0.3 is 0 Å². The quantitative estimate of drug-likeness (QED) is 0.821. The highest BCUT2D eigenvalue weighted by atomic mass is 16.3. The van der Waals surface area contributed by atoms with Gasteiger partial charge < -0.3 is 15.1 Å². The Kier molecular flexibility index (Phi) is 5.50. The molecule has 154 valence electrons. The molecule has 0 spiro atoms. The van der Waals surface area contributed by atoms with Crippen LogP contribution in [0.2, 0.25) is 0 Å². The highest BCUT2D eigenvalue weighted by molar-refractivity contribution is 5.97. The maximum atomic E-state index is 13.0. The van der Waals surface area contributed by atoms with Gasteiger partial charge in [0.1, 0.15) is 11.5 Å². The van der Waals surface area contributed by atoms with Crippen LogP contribution in [0.3, 0.4) is 0 Å². The number of phenols is 2. The van der Waals surface area contributed by atoms with Gasteiger partial charge in [-0.2, -0.15) is 0 Å². The predicted molar refractivity (Wildman–Crippen MR) is 113 cm³/mol. The number of carbonyl (C=O) groups is 1. The summed E-state index contributed by atoms with van der Waals surface area (Å²) in [6.45, 7) is 8.63. The molecule has 1 amide bonds. The molecule has 1 fully saturated rings. The second-order valence-electron chi connectivity index (χ2n) is 8.57. The molecule has 0 aliphatic carbocycles. The van der Waals surface area contributed by atoms with Crippen molar-refractivity contribution >= 4 is 5.91 Å². The number of phenolic OH excluding ortho intramolecular Hbond substituents is 2. The van der Waals surface area contributed by atoms with Crippen molar-refractivity contribution in [2.75, 3.05) is 13.1 Å². The molecule has 2 aromatic carbocycles. The third-order valence-corrected chi connectivity index (χ3v) is 6.37. The summed E-state index contributed by atoms with van der Waals surface area (Å²) in [4.78, 5) is 17.3. The van der Waals surface area contributed by atoms with Crippen LogP contribution in [0.25, 0.3) is 0 Å². The fraction of sp³-hybridized carbons (Fsp3) is 0.458. The Labute approximate surface area is 172 Å². The van der Waals surface area contributed by atoms with Crippen molar-refractivity contribution in [3.05, 3.63) is 58.1 Å². The van der Waals surface area contributed by atoms with Crippen molar-refractivity contribution in [3.8, 4) is 11.5 Å². The molecule has 0 radical (unpaired) electrons. The average Bonchev–Trinajstić information content (AvgIpc) is 3.13. The summed E-state index contributed by atoms with van der Waals surface area (Å²) < 4.78 is 0. The van der Waals surface area contributed by atoms with Crippen LogP contribution < -0.4 is 0 Å². The number of amides is 1. The van der Waals surface area contributed by atoms with E-state index in [1.165, 1.54) is 35.6 Å². The first-order valence-electron chi connectivity index (χ1n) is 10.6. The lowest BCUT2D eigenvalue weighted by Gasteiger charge is -2.30. The van der Waals surface area contributed by atoms with Crippen molar-refractivity contribution < 1.29 is 15.0 Å². The van der Waals surface area contributed by atoms with Crippen LogP contribution in [0.15, 0.2) is 30.3 Å². The zero-order valence-corrected chi connectivity index (χ0v) is 17.3. The van der Waals surface area contributed by atoms with E-state index in [0.29, 0.717) is 25.1 Å². The lowest BCUT2D eigenvalue weighted by Crippen LogP contribution is -2.32. The van der Waals surface area contributed by atoms with E-state index in [1.807, 2.05) is 6.92 Å². The van der Waals surface area contributed by atoms with E-state index in [-0.39, 0.29) is 23.0 Å². The molecule has 2 aromatic rings. The van der Waals surface area contributed by atoms with Crippen LogP contribution in [-0.4, -0.2) is 39.0 Å². The number of rotatable bonds is 4. The SMILES string of the molecule is CCc1cc(C(=O)N2Cc3ccc(CN4CCC(C)CC4)cc3C2)c(O)cc1O. The van der Waals surface area contributed by atoms with Gasteiger partial charge in [-0.05, 0) is 66.6 Å². The van der Waals surface area contributed by atoms with E-state index in [0.717, 1.165) is 25.6 Å². The Morgan fingerprint density at radius 1 is 1.03 bits per heavy atom. The Bertz CT molecular complexity index is 917. The lowest BCUT2D eigenvalue weighted by molar-refractivity contribution is 0.0748. The third kappa shape index (κ3) is 4.10. The predicted octanol–water partition coefficient (Wildman–Crippen LogP) is 4.05. The molecular weight excluding hydrogens is 364 g/mol. The topological polar surface area (TPSA) is 64.0 Å². The van der Waals surface area contributed by atoms with Crippen LogP contribution in [0, 0.1) is 5.92 Å². The summed E-state index contributed by atoms with van der Waals surface area (Å²) in [5.74, 6) is 0.499. The standard InChI is InChI=1S/C24H30N2O3/c1-3-18-11-21(23(28)12-22(18)27)24(29)26-14-19-5-4-17(10-20(19)15-26)13-25-8-6-16(2)7-9-25/h4-5,10-12,16,27-28H,3,6-9,13-15H2,1-2H3. The first-order chi connectivity index (χ1) is 13.9. The number of hydrogen-bond donors (Lipinski definition) is 2. The van der Waals surface area contributed by atoms with Gasteiger partial charge in [0.05, 0.1) is 5.56 Å². The molecule has 0 atom stereocenters. The van der Waals surface area contributed by atoms with Crippen molar-refractivity contribution in [2.45, 2.75) is 52.7 Å². The number of fused-ring (bicyclic) bond motifs is 1. The molecule has 0 unspecified atom stereocenters. The number of nitrogens with zero attached hydrogens (tertiary/aromatic N) is 2. The Hall–Kier alpha value is -2.53. The number of aryl methyl sites for hydroxylation is 1. The van der Waals surface area contributed by atoms with Crippen molar-refractivity contribution in [1.29, 1.82) is 0 Å². The van der Waals surface area contributed by atoms with Gasteiger partial charge in [0, 0.05) is 25.7 Å². The van der Waals surface area contributed by atoms with Crippen LogP contribution in [0.5, 0.6) is 11.5 Å². The maximum absolute atomic E-state index is 13.0. The fourth-order valence-electron chi connectivity index (χ4n) is 4.42. The van der Waals surface area contributed by atoms with Crippen molar-refractivity contribution in [2.24, 2.45) is 5.92 Å². The minimum Gasteiger partial charge on any atom is -0.508 e. The Morgan fingerprint density at radius 3 is 2.48 bits per heavy atom. The van der Waals surface area contributed by atoms with E-state index in [4.69, 9.17) is 0 Å². The number of likely N-dealkylation sites (tertiary alicyclic amines) is 1. The molecule has 0 saturated carbocycles. The van der Waals surface area contributed by atoms with E-state index in [1.54, 1.807) is 11.0 Å². The minimum atomic E-state index is -0.194. The first-order valence-corrected chi connectivity index (χ1v) is 10.6. The van der Waals surface area contributed by atoms with Gasteiger partial charge in [0.15, 0.2) is 0 Å².